The maximum absolute atomic E-state index is 13.7. The van der Waals surface area contributed by atoms with Crippen molar-refractivity contribution in [3.05, 3.63) is 81.9 Å². The Morgan fingerprint density at radius 1 is 1.11 bits per heavy atom. The minimum Gasteiger partial charge on any atom is -0.384 e. The number of pyridine rings is 1. The highest BCUT2D eigenvalue weighted by Gasteiger charge is 2.25. The summed E-state index contributed by atoms with van der Waals surface area (Å²) in [6, 6.07) is 11.6. The van der Waals surface area contributed by atoms with Gasteiger partial charge in [0.1, 0.15) is 11.0 Å². The van der Waals surface area contributed by atoms with Crippen molar-refractivity contribution in [3.8, 4) is 5.82 Å². The number of aliphatic hydroxyl groups is 1. The predicted molar refractivity (Wildman–Crippen MR) is 143 cm³/mol. The smallest absolute Gasteiger partial charge is 0.278 e. The number of benzene rings is 1. The van der Waals surface area contributed by atoms with Gasteiger partial charge in [-0.1, -0.05) is 24.3 Å². The highest BCUT2D eigenvalue weighted by atomic mass is 16.3. The van der Waals surface area contributed by atoms with Gasteiger partial charge < -0.3 is 10.4 Å². The van der Waals surface area contributed by atoms with Gasteiger partial charge >= 0.3 is 0 Å². The molecule has 190 valence electrons. The average molecular weight is 498 g/mol. The summed E-state index contributed by atoms with van der Waals surface area (Å²) in [5.41, 5.74) is 3.22. The van der Waals surface area contributed by atoms with E-state index in [4.69, 9.17) is 9.97 Å². The van der Waals surface area contributed by atoms with Crippen LogP contribution < -0.4 is 10.9 Å². The van der Waals surface area contributed by atoms with Gasteiger partial charge in [-0.2, -0.15) is 4.98 Å². The van der Waals surface area contributed by atoms with Crippen LogP contribution in [0.15, 0.2) is 59.5 Å². The minimum atomic E-state index is -1.13. The molecule has 1 aliphatic carbocycles. The molecule has 4 heterocycles. The number of allylic oxidation sites excluding steroid dienone is 2. The third-order valence-corrected chi connectivity index (χ3v) is 7.09. The van der Waals surface area contributed by atoms with E-state index in [0.29, 0.717) is 28.5 Å². The summed E-state index contributed by atoms with van der Waals surface area (Å²) in [7, 11) is 2.11. The molecule has 0 bridgehead atoms. The number of hydrogen-bond acceptors (Lipinski definition) is 7. The summed E-state index contributed by atoms with van der Waals surface area (Å²) in [6.45, 7) is 5.25. The standard InChI is InChI=1S/C28H31N7O2/c1-28(2,37)23-10-7-11-24(31-23)35-25-22(26(36)34(35)21-8-5-4-6-9-21)15-29-27(32-25)30-20-13-12-18-16-33(3)17-19(18)14-20/h5,7-8,10-15,21,37H,4,6,9,16-17H2,1-3H3,(H,29,30,32). The molecule has 1 aliphatic heterocycles. The van der Waals surface area contributed by atoms with Crippen LogP contribution in [-0.4, -0.2) is 41.4 Å². The zero-order chi connectivity index (χ0) is 25.7. The summed E-state index contributed by atoms with van der Waals surface area (Å²) in [4.78, 5) is 30.0. The monoisotopic (exact) mass is 497 g/mol. The number of nitrogens with one attached hydrogen (secondary N) is 1. The Bertz CT molecular complexity index is 1580. The number of hydrogen-bond donors (Lipinski definition) is 2. The zero-order valence-corrected chi connectivity index (χ0v) is 21.3. The van der Waals surface area contributed by atoms with Gasteiger partial charge in [-0.05, 0) is 75.5 Å². The molecule has 1 aromatic carbocycles. The summed E-state index contributed by atoms with van der Waals surface area (Å²) in [5, 5.41) is 14.3. The van der Waals surface area contributed by atoms with Gasteiger partial charge in [-0.3, -0.25) is 9.69 Å². The zero-order valence-electron chi connectivity index (χ0n) is 21.3. The van der Waals surface area contributed by atoms with Gasteiger partial charge in [0.15, 0.2) is 11.5 Å². The third kappa shape index (κ3) is 4.34. The Kier molecular flexibility index (Phi) is 5.69. The van der Waals surface area contributed by atoms with Gasteiger partial charge in [-0.25, -0.2) is 19.3 Å². The van der Waals surface area contributed by atoms with Gasteiger partial charge in [0, 0.05) is 25.0 Å². The summed E-state index contributed by atoms with van der Waals surface area (Å²) in [5.74, 6) is 0.929. The molecule has 1 atom stereocenters. The molecular weight excluding hydrogens is 466 g/mol. The SMILES string of the molecule is CN1Cc2ccc(Nc3ncc4c(=O)n(C5C=CCCC5)n(-c5cccc(C(C)(C)O)n5)c4n3)cc2C1. The first-order valence-corrected chi connectivity index (χ1v) is 12.7. The van der Waals surface area contributed by atoms with Gasteiger partial charge in [0.2, 0.25) is 5.95 Å². The minimum absolute atomic E-state index is 0.117. The summed E-state index contributed by atoms with van der Waals surface area (Å²) >= 11 is 0. The molecule has 0 fully saturated rings. The lowest BCUT2D eigenvalue weighted by Gasteiger charge is -2.22. The number of rotatable bonds is 5. The second-order valence-electron chi connectivity index (χ2n) is 10.5. The van der Waals surface area contributed by atoms with Crippen LogP contribution in [0.4, 0.5) is 11.6 Å². The van der Waals surface area contributed by atoms with Crippen molar-refractivity contribution >= 4 is 22.7 Å². The predicted octanol–water partition coefficient (Wildman–Crippen LogP) is 4.17. The molecule has 0 saturated carbocycles. The molecule has 9 heteroatoms. The molecule has 0 spiro atoms. The number of nitrogens with zero attached hydrogens (tertiary/aromatic N) is 6. The van der Waals surface area contributed by atoms with Crippen molar-refractivity contribution in [2.75, 3.05) is 12.4 Å². The van der Waals surface area contributed by atoms with Crippen LogP contribution in [0.3, 0.4) is 0 Å². The fourth-order valence-electron chi connectivity index (χ4n) is 5.23. The van der Waals surface area contributed by atoms with Crippen molar-refractivity contribution in [1.29, 1.82) is 0 Å². The molecule has 4 aromatic rings. The van der Waals surface area contributed by atoms with E-state index in [0.717, 1.165) is 38.0 Å². The second kappa shape index (κ2) is 8.93. The van der Waals surface area contributed by atoms with Crippen LogP contribution in [-0.2, 0) is 18.7 Å². The number of fused-ring (bicyclic) bond motifs is 2. The van der Waals surface area contributed by atoms with Gasteiger partial charge in [0.25, 0.3) is 5.56 Å². The molecule has 9 nitrogen and oxygen atoms in total. The first-order valence-electron chi connectivity index (χ1n) is 12.7. The van der Waals surface area contributed by atoms with E-state index >= 15 is 0 Å². The Balaban J connectivity index is 1.49. The van der Waals surface area contributed by atoms with Crippen molar-refractivity contribution in [1.82, 2.24) is 29.2 Å². The van der Waals surface area contributed by atoms with E-state index in [1.165, 1.54) is 11.1 Å². The molecular formula is C28H31N7O2. The van der Waals surface area contributed by atoms with Gasteiger partial charge in [-0.15, -0.1) is 0 Å². The lowest BCUT2D eigenvalue weighted by Crippen LogP contribution is -2.28. The van der Waals surface area contributed by atoms with E-state index in [2.05, 4.69) is 46.5 Å². The molecule has 2 aliphatic rings. The topological polar surface area (TPSA) is 101 Å². The molecule has 0 amide bonds. The van der Waals surface area contributed by atoms with Crippen LogP contribution in [0.1, 0.15) is 56.0 Å². The highest BCUT2D eigenvalue weighted by molar-refractivity contribution is 5.77. The third-order valence-electron chi connectivity index (χ3n) is 7.09. The number of aromatic nitrogens is 5. The van der Waals surface area contributed by atoms with Crippen LogP contribution in [0, 0.1) is 0 Å². The fraction of sp³-hybridized carbons (Fsp3) is 0.357. The molecule has 37 heavy (non-hydrogen) atoms. The average Bonchev–Trinajstić information content (AvgIpc) is 3.39. The first-order chi connectivity index (χ1) is 17.8. The molecule has 0 saturated heterocycles. The molecule has 3 aromatic heterocycles. The lowest BCUT2D eigenvalue weighted by molar-refractivity contribution is 0.0738. The number of anilines is 2. The van der Waals surface area contributed by atoms with E-state index in [-0.39, 0.29) is 11.6 Å². The highest BCUT2D eigenvalue weighted by Crippen LogP contribution is 2.28. The molecule has 0 radical (unpaired) electrons. The Labute approximate surface area is 215 Å². The normalized spacial score (nSPS) is 17.9. The quantitative estimate of drug-likeness (QED) is 0.399. The molecule has 6 rings (SSSR count). The summed E-state index contributed by atoms with van der Waals surface area (Å²) in [6.07, 6.45) is 8.63. The van der Waals surface area contributed by atoms with Crippen LogP contribution in [0.25, 0.3) is 16.9 Å². The Morgan fingerprint density at radius 3 is 2.73 bits per heavy atom. The van der Waals surface area contributed by atoms with E-state index < -0.39 is 5.60 Å². The molecule has 2 N–H and O–H groups in total. The molecule has 1 unspecified atom stereocenters. The van der Waals surface area contributed by atoms with E-state index in [1.54, 1.807) is 35.5 Å². The van der Waals surface area contributed by atoms with Crippen LogP contribution in [0.5, 0.6) is 0 Å². The van der Waals surface area contributed by atoms with Crippen LogP contribution in [0.2, 0.25) is 0 Å². The maximum Gasteiger partial charge on any atom is 0.278 e. The Morgan fingerprint density at radius 2 is 1.95 bits per heavy atom. The maximum atomic E-state index is 13.7. The Hall–Kier alpha value is -3.82. The van der Waals surface area contributed by atoms with Crippen molar-refractivity contribution in [2.24, 2.45) is 0 Å². The van der Waals surface area contributed by atoms with Gasteiger partial charge in [0.05, 0.1) is 11.7 Å². The summed E-state index contributed by atoms with van der Waals surface area (Å²) < 4.78 is 3.50. The van der Waals surface area contributed by atoms with Crippen molar-refractivity contribution in [2.45, 2.75) is 57.8 Å². The van der Waals surface area contributed by atoms with E-state index in [9.17, 15) is 9.90 Å². The fourth-order valence-corrected chi connectivity index (χ4v) is 5.23. The van der Waals surface area contributed by atoms with Crippen LogP contribution >= 0.6 is 0 Å². The lowest BCUT2D eigenvalue weighted by atomic mass is 10.0. The first kappa shape index (κ1) is 23.6. The largest absolute Gasteiger partial charge is 0.384 e. The second-order valence-corrected chi connectivity index (χ2v) is 10.5. The van der Waals surface area contributed by atoms with Crippen molar-refractivity contribution < 1.29 is 5.11 Å². The van der Waals surface area contributed by atoms with E-state index in [1.807, 2.05) is 18.2 Å². The van der Waals surface area contributed by atoms with Crippen molar-refractivity contribution in [3.63, 3.8) is 0 Å².